The standard InChI is InChI=1S/C18H18N2O4S3/c1-11(2)10-20-17(21)16(26-18(20)25)9-13-5-8-15(24-13)12-3-6-14(7-4-12)27(19,22)23/h3-9,11H,10H2,1-2H3,(H2,19,22,23). The lowest BCUT2D eigenvalue weighted by Crippen LogP contribution is -2.31. The molecule has 3 rings (SSSR count). The molecule has 0 spiro atoms. The highest BCUT2D eigenvalue weighted by atomic mass is 32.2. The molecule has 0 aliphatic carbocycles. The molecule has 0 bridgehead atoms. The molecular weight excluding hydrogens is 404 g/mol. The van der Waals surface area contributed by atoms with Crippen LogP contribution >= 0.6 is 24.0 Å². The summed E-state index contributed by atoms with van der Waals surface area (Å²) >= 11 is 6.55. The second kappa shape index (κ2) is 7.59. The third kappa shape index (κ3) is 4.49. The van der Waals surface area contributed by atoms with Gasteiger partial charge < -0.3 is 4.42 Å². The van der Waals surface area contributed by atoms with E-state index in [4.69, 9.17) is 21.8 Å². The SMILES string of the molecule is CC(C)CN1C(=O)C(=Cc2ccc(-c3ccc(S(N)(=O)=O)cc3)o2)SC1=S. The van der Waals surface area contributed by atoms with Gasteiger partial charge in [0.1, 0.15) is 15.8 Å². The number of carbonyl (C=O) groups excluding carboxylic acids is 1. The molecule has 2 aromatic rings. The quantitative estimate of drug-likeness (QED) is 0.586. The number of nitrogens with two attached hydrogens (primary N) is 1. The minimum absolute atomic E-state index is 0.0341. The molecule has 0 saturated carbocycles. The van der Waals surface area contributed by atoms with Gasteiger partial charge in [0.2, 0.25) is 10.0 Å². The van der Waals surface area contributed by atoms with Crippen molar-refractivity contribution in [2.24, 2.45) is 11.1 Å². The zero-order valence-electron chi connectivity index (χ0n) is 14.7. The lowest BCUT2D eigenvalue weighted by atomic mass is 10.2. The first-order valence-corrected chi connectivity index (χ1v) is 10.9. The summed E-state index contributed by atoms with van der Waals surface area (Å²) in [5, 5.41) is 5.10. The normalized spacial score (nSPS) is 16.7. The van der Waals surface area contributed by atoms with Crippen LogP contribution in [-0.4, -0.2) is 30.1 Å². The first-order chi connectivity index (χ1) is 12.6. The van der Waals surface area contributed by atoms with Crippen LogP contribution in [0.15, 0.2) is 50.6 Å². The Morgan fingerprint density at radius 3 is 2.48 bits per heavy atom. The van der Waals surface area contributed by atoms with E-state index >= 15 is 0 Å². The summed E-state index contributed by atoms with van der Waals surface area (Å²) in [6.45, 7) is 4.65. The van der Waals surface area contributed by atoms with Crippen molar-refractivity contribution in [3.05, 3.63) is 47.1 Å². The van der Waals surface area contributed by atoms with E-state index in [1.807, 2.05) is 13.8 Å². The number of hydrogen-bond donors (Lipinski definition) is 1. The maximum Gasteiger partial charge on any atom is 0.266 e. The number of sulfonamides is 1. The Kier molecular flexibility index (Phi) is 5.57. The van der Waals surface area contributed by atoms with Crippen molar-refractivity contribution < 1.29 is 17.6 Å². The van der Waals surface area contributed by atoms with E-state index in [2.05, 4.69) is 0 Å². The monoisotopic (exact) mass is 422 g/mol. The summed E-state index contributed by atoms with van der Waals surface area (Å²) in [5.41, 5.74) is 0.703. The van der Waals surface area contributed by atoms with E-state index in [1.54, 1.807) is 35.2 Å². The second-order valence-corrected chi connectivity index (χ2v) is 9.69. The van der Waals surface area contributed by atoms with Crippen LogP contribution in [-0.2, 0) is 14.8 Å². The molecule has 2 heterocycles. The minimum atomic E-state index is -3.73. The van der Waals surface area contributed by atoms with Gasteiger partial charge in [0.15, 0.2) is 0 Å². The molecule has 0 unspecified atom stereocenters. The van der Waals surface area contributed by atoms with Crippen LogP contribution in [0, 0.1) is 5.92 Å². The lowest BCUT2D eigenvalue weighted by Gasteiger charge is -2.16. The molecule has 0 radical (unpaired) electrons. The highest BCUT2D eigenvalue weighted by Crippen LogP contribution is 2.34. The van der Waals surface area contributed by atoms with E-state index in [1.165, 1.54) is 23.9 Å². The smallest absolute Gasteiger partial charge is 0.266 e. The van der Waals surface area contributed by atoms with E-state index < -0.39 is 10.0 Å². The van der Waals surface area contributed by atoms with Crippen molar-refractivity contribution in [1.82, 2.24) is 4.90 Å². The van der Waals surface area contributed by atoms with E-state index in [-0.39, 0.29) is 10.8 Å². The van der Waals surface area contributed by atoms with E-state index in [0.717, 1.165) is 0 Å². The highest BCUT2D eigenvalue weighted by molar-refractivity contribution is 8.26. The number of benzene rings is 1. The van der Waals surface area contributed by atoms with Gasteiger partial charge in [-0.2, -0.15) is 0 Å². The zero-order valence-corrected chi connectivity index (χ0v) is 17.2. The first kappa shape index (κ1) is 19.8. The Labute approximate surface area is 167 Å². The Morgan fingerprint density at radius 1 is 1.22 bits per heavy atom. The summed E-state index contributed by atoms with van der Waals surface area (Å²) < 4.78 is 29.0. The summed E-state index contributed by atoms with van der Waals surface area (Å²) in [5.74, 6) is 1.28. The predicted molar refractivity (Wildman–Crippen MR) is 110 cm³/mol. The molecule has 6 nitrogen and oxygen atoms in total. The highest BCUT2D eigenvalue weighted by Gasteiger charge is 2.32. The molecule has 9 heteroatoms. The fourth-order valence-corrected chi connectivity index (χ4v) is 4.32. The Bertz CT molecular complexity index is 1020. The van der Waals surface area contributed by atoms with Crippen LogP contribution in [0.4, 0.5) is 0 Å². The third-order valence-corrected chi connectivity index (χ3v) is 6.10. The number of furan rings is 1. The van der Waals surface area contributed by atoms with Crippen LogP contribution in [0.25, 0.3) is 17.4 Å². The number of carbonyl (C=O) groups is 1. The van der Waals surface area contributed by atoms with Gasteiger partial charge in [-0.05, 0) is 42.3 Å². The van der Waals surface area contributed by atoms with Gasteiger partial charge in [-0.3, -0.25) is 9.69 Å². The third-order valence-electron chi connectivity index (χ3n) is 3.79. The van der Waals surface area contributed by atoms with Gasteiger partial charge in [0, 0.05) is 18.2 Å². The van der Waals surface area contributed by atoms with E-state index in [0.29, 0.717) is 38.8 Å². The molecule has 1 fully saturated rings. The summed E-state index contributed by atoms with van der Waals surface area (Å²) in [6.07, 6.45) is 1.67. The van der Waals surface area contributed by atoms with Gasteiger partial charge in [0.25, 0.3) is 5.91 Å². The van der Waals surface area contributed by atoms with Gasteiger partial charge in [0.05, 0.1) is 9.80 Å². The number of thiocarbonyl (C=S) groups is 1. The molecule has 27 heavy (non-hydrogen) atoms. The molecule has 1 aromatic heterocycles. The fourth-order valence-electron chi connectivity index (χ4n) is 2.55. The van der Waals surface area contributed by atoms with Crippen LogP contribution in [0.1, 0.15) is 19.6 Å². The maximum atomic E-state index is 12.5. The number of rotatable bonds is 5. The van der Waals surface area contributed by atoms with Gasteiger partial charge in [-0.15, -0.1) is 0 Å². The van der Waals surface area contributed by atoms with Gasteiger partial charge in [-0.25, -0.2) is 13.6 Å². The number of hydrogen-bond acceptors (Lipinski definition) is 6. The summed E-state index contributed by atoms with van der Waals surface area (Å²) in [4.78, 5) is 14.7. The van der Waals surface area contributed by atoms with Crippen LogP contribution < -0.4 is 5.14 Å². The molecule has 142 valence electrons. The van der Waals surface area contributed by atoms with Crippen molar-refractivity contribution in [2.45, 2.75) is 18.7 Å². The van der Waals surface area contributed by atoms with Crippen molar-refractivity contribution in [2.75, 3.05) is 6.54 Å². The molecule has 2 N–H and O–H groups in total. The van der Waals surface area contributed by atoms with Crippen LogP contribution in [0.5, 0.6) is 0 Å². The second-order valence-electron chi connectivity index (χ2n) is 6.46. The molecule has 1 aliphatic rings. The average Bonchev–Trinajstić information content (AvgIpc) is 3.15. The zero-order chi connectivity index (χ0) is 19.8. The topological polar surface area (TPSA) is 93.6 Å². The van der Waals surface area contributed by atoms with Crippen molar-refractivity contribution in [1.29, 1.82) is 0 Å². The predicted octanol–water partition coefficient (Wildman–Crippen LogP) is 3.45. The molecule has 1 saturated heterocycles. The lowest BCUT2D eigenvalue weighted by molar-refractivity contribution is -0.122. The molecule has 1 amide bonds. The molecule has 1 aromatic carbocycles. The first-order valence-electron chi connectivity index (χ1n) is 8.13. The Balaban J connectivity index is 1.81. The van der Waals surface area contributed by atoms with Crippen molar-refractivity contribution in [3.8, 4) is 11.3 Å². The van der Waals surface area contributed by atoms with Crippen LogP contribution in [0.2, 0.25) is 0 Å². The molecular formula is C18H18N2O4S3. The van der Waals surface area contributed by atoms with Gasteiger partial charge in [-0.1, -0.05) is 37.8 Å². The minimum Gasteiger partial charge on any atom is -0.457 e. The summed E-state index contributed by atoms with van der Waals surface area (Å²) in [7, 11) is -3.73. The Morgan fingerprint density at radius 2 is 1.89 bits per heavy atom. The van der Waals surface area contributed by atoms with Crippen molar-refractivity contribution >= 4 is 50.3 Å². The maximum absolute atomic E-state index is 12.5. The fraction of sp³-hybridized carbons (Fsp3) is 0.222. The Hall–Kier alpha value is -1.94. The number of thioether (sulfide) groups is 1. The van der Waals surface area contributed by atoms with Crippen molar-refractivity contribution in [3.63, 3.8) is 0 Å². The molecule has 0 atom stereocenters. The number of amides is 1. The number of nitrogens with zero attached hydrogens (tertiary/aromatic N) is 1. The summed E-state index contributed by atoms with van der Waals surface area (Å²) in [6, 6.07) is 9.58. The largest absolute Gasteiger partial charge is 0.457 e. The average molecular weight is 423 g/mol. The number of primary sulfonamides is 1. The van der Waals surface area contributed by atoms with E-state index in [9.17, 15) is 13.2 Å². The molecule has 1 aliphatic heterocycles. The van der Waals surface area contributed by atoms with Gasteiger partial charge >= 0.3 is 0 Å². The van der Waals surface area contributed by atoms with Crippen LogP contribution in [0.3, 0.4) is 0 Å².